The predicted molar refractivity (Wildman–Crippen MR) is 92.3 cm³/mol. The average Bonchev–Trinajstić information content (AvgIpc) is 3.11. The van der Waals surface area contributed by atoms with Crippen LogP contribution in [-0.2, 0) is 0 Å². The third-order valence-corrected chi connectivity index (χ3v) is 3.57. The zero-order valence-electron chi connectivity index (χ0n) is 13.1. The van der Waals surface area contributed by atoms with E-state index < -0.39 is 0 Å². The number of para-hydroxylation sites is 1. The van der Waals surface area contributed by atoms with Crippen molar-refractivity contribution in [2.75, 3.05) is 17.4 Å². The maximum Gasteiger partial charge on any atom is 0.258 e. The van der Waals surface area contributed by atoms with Crippen LogP contribution >= 0.6 is 0 Å². The number of nitrogens with zero attached hydrogens (tertiary/aromatic N) is 2. The molecular weight excluding hydrogens is 320 g/mol. The zero-order valence-corrected chi connectivity index (χ0v) is 13.1. The van der Waals surface area contributed by atoms with Crippen molar-refractivity contribution in [3.05, 3.63) is 66.5 Å². The number of carbonyl (C=O) groups excluding carboxylic acids is 1. The van der Waals surface area contributed by atoms with E-state index in [9.17, 15) is 4.79 Å². The van der Waals surface area contributed by atoms with Gasteiger partial charge in [0.2, 0.25) is 12.7 Å². The first kappa shape index (κ1) is 14.9. The lowest BCUT2D eigenvalue weighted by molar-refractivity contribution is 0.102. The summed E-state index contributed by atoms with van der Waals surface area (Å²) in [7, 11) is 0. The van der Waals surface area contributed by atoms with Crippen molar-refractivity contribution in [2.24, 2.45) is 0 Å². The number of rotatable bonds is 4. The van der Waals surface area contributed by atoms with Gasteiger partial charge in [-0.15, -0.1) is 0 Å². The van der Waals surface area contributed by atoms with Crippen LogP contribution < -0.4 is 20.1 Å². The minimum atomic E-state index is -0.263. The molecule has 7 heteroatoms. The van der Waals surface area contributed by atoms with E-state index in [4.69, 9.17) is 9.47 Å². The molecule has 1 aliphatic heterocycles. The molecule has 1 amide bonds. The van der Waals surface area contributed by atoms with Crippen molar-refractivity contribution >= 4 is 23.2 Å². The number of aromatic nitrogens is 2. The Kier molecular flexibility index (Phi) is 3.88. The van der Waals surface area contributed by atoms with E-state index >= 15 is 0 Å². The number of hydrogen-bond acceptors (Lipinski definition) is 6. The molecule has 124 valence electrons. The highest BCUT2D eigenvalue weighted by Gasteiger charge is 2.14. The summed E-state index contributed by atoms with van der Waals surface area (Å²) in [6, 6.07) is 14.7. The van der Waals surface area contributed by atoms with E-state index in [1.807, 2.05) is 48.5 Å². The van der Waals surface area contributed by atoms with E-state index in [0.29, 0.717) is 23.0 Å². The van der Waals surface area contributed by atoms with Crippen LogP contribution in [0.2, 0.25) is 0 Å². The highest BCUT2D eigenvalue weighted by Crippen LogP contribution is 2.34. The first-order valence-corrected chi connectivity index (χ1v) is 7.63. The number of amides is 1. The summed E-state index contributed by atoms with van der Waals surface area (Å²) in [5, 5.41) is 5.85. The van der Waals surface area contributed by atoms with Crippen LogP contribution in [0.25, 0.3) is 0 Å². The molecule has 3 aromatic rings. The molecule has 0 saturated heterocycles. The SMILES string of the molecule is O=C(Nc1ccccc1)c1cnc(Nc2ccc3c(c2)OCO3)nc1. The largest absolute Gasteiger partial charge is 0.454 e. The van der Waals surface area contributed by atoms with Gasteiger partial charge < -0.3 is 20.1 Å². The zero-order chi connectivity index (χ0) is 17.1. The smallest absolute Gasteiger partial charge is 0.258 e. The van der Waals surface area contributed by atoms with Gasteiger partial charge in [0.15, 0.2) is 11.5 Å². The minimum Gasteiger partial charge on any atom is -0.454 e. The van der Waals surface area contributed by atoms with Crippen LogP contribution in [0.1, 0.15) is 10.4 Å². The van der Waals surface area contributed by atoms with Crippen molar-refractivity contribution in [2.45, 2.75) is 0 Å². The van der Waals surface area contributed by atoms with Gasteiger partial charge in [0.05, 0.1) is 5.56 Å². The second-order valence-corrected chi connectivity index (χ2v) is 5.31. The van der Waals surface area contributed by atoms with Gasteiger partial charge >= 0.3 is 0 Å². The van der Waals surface area contributed by atoms with Crippen LogP contribution in [0.15, 0.2) is 60.9 Å². The summed E-state index contributed by atoms with van der Waals surface area (Å²) in [6.07, 6.45) is 2.95. The summed E-state index contributed by atoms with van der Waals surface area (Å²) in [6.45, 7) is 0.223. The molecule has 1 aliphatic rings. The first-order chi connectivity index (χ1) is 12.3. The Bertz CT molecular complexity index is 898. The molecule has 0 fully saturated rings. The lowest BCUT2D eigenvalue weighted by Gasteiger charge is -2.07. The van der Waals surface area contributed by atoms with Crippen molar-refractivity contribution in [1.29, 1.82) is 0 Å². The monoisotopic (exact) mass is 334 g/mol. The number of anilines is 3. The van der Waals surface area contributed by atoms with E-state index in [0.717, 1.165) is 11.4 Å². The van der Waals surface area contributed by atoms with Crippen molar-refractivity contribution in [1.82, 2.24) is 9.97 Å². The Balaban J connectivity index is 1.44. The number of nitrogens with one attached hydrogen (secondary N) is 2. The first-order valence-electron chi connectivity index (χ1n) is 7.63. The van der Waals surface area contributed by atoms with Gasteiger partial charge in [-0.2, -0.15) is 0 Å². The normalized spacial score (nSPS) is 11.8. The van der Waals surface area contributed by atoms with Crippen LogP contribution in [-0.4, -0.2) is 22.7 Å². The summed E-state index contributed by atoms with van der Waals surface area (Å²) in [4.78, 5) is 20.5. The van der Waals surface area contributed by atoms with E-state index in [-0.39, 0.29) is 12.7 Å². The lowest BCUT2D eigenvalue weighted by Crippen LogP contribution is -2.13. The molecule has 25 heavy (non-hydrogen) atoms. The molecule has 1 aromatic heterocycles. The summed E-state index contributed by atoms with van der Waals surface area (Å²) in [5.74, 6) is 1.50. The fraction of sp³-hybridized carbons (Fsp3) is 0.0556. The van der Waals surface area contributed by atoms with E-state index in [1.54, 1.807) is 0 Å². The lowest BCUT2D eigenvalue weighted by atomic mass is 10.2. The number of hydrogen-bond donors (Lipinski definition) is 2. The summed E-state index contributed by atoms with van der Waals surface area (Å²) >= 11 is 0. The van der Waals surface area contributed by atoms with Gasteiger partial charge in [0.1, 0.15) is 0 Å². The average molecular weight is 334 g/mol. The Morgan fingerprint density at radius 1 is 0.920 bits per heavy atom. The number of fused-ring (bicyclic) bond motifs is 1. The fourth-order valence-electron chi connectivity index (χ4n) is 2.34. The van der Waals surface area contributed by atoms with Crippen LogP contribution in [0, 0.1) is 0 Å². The highest BCUT2D eigenvalue weighted by molar-refractivity contribution is 6.03. The molecule has 0 radical (unpaired) electrons. The molecule has 2 heterocycles. The Labute approximate surface area is 143 Å². The second-order valence-electron chi connectivity index (χ2n) is 5.31. The minimum absolute atomic E-state index is 0.223. The van der Waals surface area contributed by atoms with Crippen LogP contribution in [0.4, 0.5) is 17.3 Å². The molecule has 0 atom stereocenters. The van der Waals surface area contributed by atoms with Gasteiger partial charge in [-0.05, 0) is 24.3 Å². The third kappa shape index (κ3) is 3.35. The Morgan fingerprint density at radius 2 is 1.68 bits per heavy atom. The van der Waals surface area contributed by atoms with E-state index in [2.05, 4.69) is 20.6 Å². The number of carbonyl (C=O) groups is 1. The van der Waals surface area contributed by atoms with E-state index in [1.165, 1.54) is 12.4 Å². The molecule has 2 aromatic carbocycles. The maximum atomic E-state index is 12.2. The molecule has 2 N–H and O–H groups in total. The molecule has 4 rings (SSSR count). The van der Waals surface area contributed by atoms with Gasteiger partial charge in [-0.25, -0.2) is 9.97 Å². The number of ether oxygens (including phenoxy) is 2. The Hall–Kier alpha value is -3.61. The number of benzene rings is 2. The summed E-state index contributed by atoms with van der Waals surface area (Å²) < 4.78 is 10.6. The van der Waals surface area contributed by atoms with Gasteiger partial charge in [0, 0.05) is 29.8 Å². The van der Waals surface area contributed by atoms with Gasteiger partial charge in [-0.1, -0.05) is 18.2 Å². The quantitative estimate of drug-likeness (QED) is 0.762. The molecular formula is C18H14N4O3. The van der Waals surface area contributed by atoms with Crippen molar-refractivity contribution < 1.29 is 14.3 Å². The molecule has 0 bridgehead atoms. The van der Waals surface area contributed by atoms with Crippen molar-refractivity contribution in [3.8, 4) is 11.5 Å². The predicted octanol–water partition coefficient (Wildman–Crippen LogP) is 3.20. The highest BCUT2D eigenvalue weighted by atomic mass is 16.7. The van der Waals surface area contributed by atoms with Crippen LogP contribution in [0.3, 0.4) is 0 Å². The summed E-state index contributed by atoms with van der Waals surface area (Å²) in [5.41, 5.74) is 1.86. The van der Waals surface area contributed by atoms with Gasteiger partial charge in [-0.3, -0.25) is 4.79 Å². The third-order valence-electron chi connectivity index (χ3n) is 3.57. The molecule has 7 nitrogen and oxygen atoms in total. The second kappa shape index (κ2) is 6.48. The molecule has 0 aliphatic carbocycles. The molecule has 0 spiro atoms. The topological polar surface area (TPSA) is 85.4 Å². The maximum absolute atomic E-state index is 12.2. The standard InChI is InChI=1S/C18H14N4O3/c23-17(21-13-4-2-1-3-5-13)12-9-19-18(20-10-12)22-14-6-7-15-16(8-14)25-11-24-15/h1-10H,11H2,(H,21,23)(H,19,20,22). The van der Waals surface area contributed by atoms with Gasteiger partial charge in [0.25, 0.3) is 5.91 Å². The molecule has 0 saturated carbocycles. The Morgan fingerprint density at radius 3 is 2.48 bits per heavy atom. The fourth-order valence-corrected chi connectivity index (χ4v) is 2.34. The molecule has 0 unspecified atom stereocenters. The van der Waals surface area contributed by atoms with Crippen LogP contribution in [0.5, 0.6) is 11.5 Å². The van der Waals surface area contributed by atoms with Crippen molar-refractivity contribution in [3.63, 3.8) is 0 Å².